The van der Waals surface area contributed by atoms with Gasteiger partial charge in [-0.25, -0.2) is 4.62 Å². The molecule has 0 atom stereocenters. The number of hydrogen-bond donors (Lipinski definition) is 1. The Morgan fingerprint density at radius 1 is 0.545 bits per heavy atom. The SMILES string of the molecule is CCCCCCCCCCCCNOP(OCCCCCC(C)C)OCCCCCC(C)C. The van der Waals surface area contributed by atoms with E-state index in [4.69, 9.17) is 13.7 Å². The van der Waals surface area contributed by atoms with E-state index in [0.29, 0.717) is 0 Å². The lowest BCUT2D eigenvalue weighted by Gasteiger charge is -2.17. The summed E-state index contributed by atoms with van der Waals surface area (Å²) in [6.45, 7) is 13.8. The molecule has 4 nitrogen and oxygen atoms in total. The fraction of sp³-hybridized carbons (Fsp3) is 1.00. The first-order chi connectivity index (χ1) is 16.1. The lowest BCUT2D eigenvalue weighted by Crippen LogP contribution is -2.15. The Hall–Kier alpha value is 0.270. The summed E-state index contributed by atoms with van der Waals surface area (Å²) < 4.78 is 17.7. The number of nitrogens with one attached hydrogen (secondary N) is 1. The summed E-state index contributed by atoms with van der Waals surface area (Å²) in [5, 5.41) is 0. The predicted octanol–water partition coefficient (Wildman–Crippen LogP) is 10.1. The van der Waals surface area contributed by atoms with Crippen LogP contribution >= 0.6 is 8.60 Å². The highest BCUT2D eigenvalue weighted by molar-refractivity contribution is 7.41. The molecule has 0 aromatic carbocycles. The molecule has 0 rings (SSSR count). The standard InChI is InChI=1S/C28H60NO3P/c1-6-7-8-9-10-11-12-13-14-19-24-29-32-33(30-25-20-15-17-22-27(2)3)31-26-21-16-18-23-28(4)5/h27-29H,6-26H2,1-5H3. The van der Waals surface area contributed by atoms with Crippen molar-refractivity contribution in [1.82, 2.24) is 5.48 Å². The molecule has 0 aliphatic rings. The molecule has 0 unspecified atom stereocenters. The third kappa shape index (κ3) is 28.4. The minimum absolute atomic E-state index is 0.733. The second kappa shape index (κ2) is 26.9. The van der Waals surface area contributed by atoms with E-state index in [0.717, 1.165) is 50.9 Å². The van der Waals surface area contributed by atoms with Gasteiger partial charge in [0.05, 0.1) is 13.2 Å². The number of unbranched alkanes of at least 4 members (excludes halogenated alkanes) is 13. The van der Waals surface area contributed by atoms with Crippen molar-refractivity contribution in [3.8, 4) is 0 Å². The number of hydrogen-bond acceptors (Lipinski definition) is 4. The van der Waals surface area contributed by atoms with Crippen molar-refractivity contribution in [1.29, 1.82) is 0 Å². The van der Waals surface area contributed by atoms with Gasteiger partial charge in [-0.2, -0.15) is 5.48 Å². The van der Waals surface area contributed by atoms with Crippen molar-refractivity contribution in [2.45, 2.75) is 150 Å². The summed E-state index contributed by atoms with van der Waals surface area (Å²) in [5.41, 5.74) is 3.12. The smallest absolute Gasteiger partial charge is 0.311 e. The van der Waals surface area contributed by atoms with Gasteiger partial charge in [-0.1, -0.05) is 131 Å². The minimum Gasteiger partial charge on any atom is -0.311 e. The van der Waals surface area contributed by atoms with Gasteiger partial charge in [0.15, 0.2) is 0 Å². The molecule has 33 heavy (non-hydrogen) atoms. The Morgan fingerprint density at radius 3 is 1.42 bits per heavy atom. The molecule has 0 aromatic rings. The van der Waals surface area contributed by atoms with Crippen LogP contribution in [0, 0.1) is 11.8 Å². The fourth-order valence-electron chi connectivity index (χ4n) is 3.81. The zero-order valence-corrected chi connectivity index (χ0v) is 24.1. The Labute approximate surface area is 209 Å². The van der Waals surface area contributed by atoms with Crippen molar-refractivity contribution in [3.05, 3.63) is 0 Å². The monoisotopic (exact) mass is 489 g/mol. The fourth-order valence-corrected chi connectivity index (χ4v) is 4.75. The molecule has 0 spiro atoms. The number of rotatable bonds is 27. The molecule has 0 amide bonds. The van der Waals surface area contributed by atoms with Crippen molar-refractivity contribution >= 4 is 8.60 Å². The highest BCUT2D eigenvalue weighted by Gasteiger charge is 2.13. The van der Waals surface area contributed by atoms with E-state index in [1.165, 1.54) is 96.3 Å². The van der Waals surface area contributed by atoms with Crippen LogP contribution in [0.2, 0.25) is 0 Å². The van der Waals surface area contributed by atoms with Gasteiger partial charge >= 0.3 is 8.60 Å². The minimum atomic E-state index is -1.28. The molecule has 0 saturated carbocycles. The first kappa shape index (κ1) is 33.3. The van der Waals surface area contributed by atoms with Gasteiger partial charge < -0.3 is 9.05 Å². The first-order valence-electron chi connectivity index (χ1n) is 14.5. The summed E-state index contributed by atoms with van der Waals surface area (Å²) in [6.07, 6.45) is 23.3. The summed E-state index contributed by atoms with van der Waals surface area (Å²) in [4.78, 5) is 0. The Bertz CT molecular complexity index is 349. The Morgan fingerprint density at radius 2 is 0.970 bits per heavy atom. The maximum absolute atomic E-state index is 5.95. The first-order valence-corrected chi connectivity index (χ1v) is 15.6. The van der Waals surface area contributed by atoms with E-state index in [1.54, 1.807) is 0 Å². The van der Waals surface area contributed by atoms with Crippen LogP contribution in [0.1, 0.15) is 150 Å². The molecule has 5 heteroatoms. The summed E-state index contributed by atoms with van der Waals surface area (Å²) >= 11 is 0. The second-order valence-corrected chi connectivity index (χ2v) is 11.7. The van der Waals surface area contributed by atoms with E-state index in [2.05, 4.69) is 40.1 Å². The van der Waals surface area contributed by atoms with Crippen LogP contribution in [-0.2, 0) is 13.7 Å². The molecule has 0 heterocycles. The van der Waals surface area contributed by atoms with Crippen LogP contribution in [0.15, 0.2) is 0 Å². The van der Waals surface area contributed by atoms with Gasteiger partial charge in [0, 0.05) is 6.54 Å². The summed E-state index contributed by atoms with van der Waals surface area (Å²) in [5.74, 6) is 1.58. The third-order valence-corrected chi connectivity index (χ3v) is 7.08. The topological polar surface area (TPSA) is 39.7 Å². The van der Waals surface area contributed by atoms with Crippen LogP contribution in [0.3, 0.4) is 0 Å². The zero-order valence-electron chi connectivity index (χ0n) is 23.2. The molecule has 0 saturated heterocycles. The van der Waals surface area contributed by atoms with Crippen molar-refractivity contribution < 1.29 is 13.7 Å². The van der Waals surface area contributed by atoms with E-state index in [-0.39, 0.29) is 0 Å². The lowest BCUT2D eigenvalue weighted by molar-refractivity contribution is 0.107. The highest BCUT2D eigenvalue weighted by Crippen LogP contribution is 2.39. The maximum Gasteiger partial charge on any atom is 0.350 e. The molecule has 0 radical (unpaired) electrons. The second-order valence-electron chi connectivity index (χ2n) is 10.5. The largest absolute Gasteiger partial charge is 0.350 e. The molecular formula is C28H60NO3P. The van der Waals surface area contributed by atoms with E-state index in [1.807, 2.05) is 0 Å². The van der Waals surface area contributed by atoms with Gasteiger partial charge in [0.25, 0.3) is 0 Å². The predicted molar refractivity (Wildman–Crippen MR) is 146 cm³/mol. The van der Waals surface area contributed by atoms with Gasteiger partial charge in [-0.3, -0.25) is 0 Å². The average molecular weight is 490 g/mol. The van der Waals surface area contributed by atoms with E-state index in [9.17, 15) is 0 Å². The number of hydroxylamine groups is 1. The molecular weight excluding hydrogens is 429 g/mol. The molecule has 200 valence electrons. The lowest BCUT2D eigenvalue weighted by atomic mass is 10.1. The van der Waals surface area contributed by atoms with Crippen LogP contribution in [0.25, 0.3) is 0 Å². The highest BCUT2D eigenvalue weighted by atomic mass is 31.2. The van der Waals surface area contributed by atoms with Crippen LogP contribution in [-0.4, -0.2) is 19.8 Å². The summed E-state index contributed by atoms with van der Waals surface area (Å²) in [7, 11) is -1.28. The molecule has 0 aromatic heterocycles. The summed E-state index contributed by atoms with van der Waals surface area (Å²) in [6, 6.07) is 0. The molecule has 1 N–H and O–H groups in total. The van der Waals surface area contributed by atoms with Crippen molar-refractivity contribution in [2.75, 3.05) is 19.8 Å². The Kier molecular flexibility index (Phi) is 27.1. The van der Waals surface area contributed by atoms with Crippen molar-refractivity contribution in [3.63, 3.8) is 0 Å². The average Bonchev–Trinajstić information content (AvgIpc) is 2.78. The third-order valence-electron chi connectivity index (χ3n) is 6.02. The molecule has 0 aliphatic carbocycles. The van der Waals surface area contributed by atoms with Gasteiger partial charge in [-0.05, 0) is 31.1 Å². The van der Waals surface area contributed by atoms with Crippen LogP contribution in [0.5, 0.6) is 0 Å². The van der Waals surface area contributed by atoms with Crippen LogP contribution in [0.4, 0.5) is 0 Å². The van der Waals surface area contributed by atoms with Gasteiger partial charge in [0.1, 0.15) is 0 Å². The van der Waals surface area contributed by atoms with E-state index >= 15 is 0 Å². The van der Waals surface area contributed by atoms with Crippen LogP contribution < -0.4 is 5.48 Å². The zero-order chi connectivity index (χ0) is 24.4. The molecule has 0 fully saturated rings. The molecule has 0 aliphatic heterocycles. The van der Waals surface area contributed by atoms with Crippen molar-refractivity contribution in [2.24, 2.45) is 11.8 Å². The van der Waals surface area contributed by atoms with Gasteiger partial charge in [-0.15, -0.1) is 0 Å². The molecule has 0 bridgehead atoms. The maximum atomic E-state index is 5.95. The normalized spacial score (nSPS) is 12.0. The quantitative estimate of drug-likeness (QED) is 0.0707. The Balaban J connectivity index is 3.81. The van der Waals surface area contributed by atoms with Gasteiger partial charge in [0.2, 0.25) is 0 Å². The van der Waals surface area contributed by atoms with E-state index < -0.39 is 8.60 Å².